The lowest BCUT2D eigenvalue weighted by Gasteiger charge is -2.25. The van der Waals surface area contributed by atoms with Crippen molar-refractivity contribution in [3.8, 4) is 0 Å². The van der Waals surface area contributed by atoms with E-state index in [9.17, 15) is 4.79 Å². The van der Waals surface area contributed by atoms with E-state index in [1.165, 1.54) is 0 Å². The van der Waals surface area contributed by atoms with Gasteiger partial charge in [0, 0.05) is 6.20 Å². The van der Waals surface area contributed by atoms with E-state index in [1.807, 2.05) is 32.0 Å². The van der Waals surface area contributed by atoms with Gasteiger partial charge in [0.1, 0.15) is 5.88 Å². The molecule has 1 heterocycles. The number of rotatable bonds is 3. The summed E-state index contributed by atoms with van der Waals surface area (Å²) in [5.41, 5.74) is 0.339. The summed E-state index contributed by atoms with van der Waals surface area (Å²) < 4.78 is 0. The minimum absolute atomic E-state index is 0.0315. The first kappa shape index (κ1) is 11.0. The molecule has 0 aliphatic rings. The van der Waals surface area contributed by atoms with Crippen LogP contribution < -0.4 is 5.32 Å². The minimum atomic E-state index is -0.479. The molecule has 0 aliphatic carbocycles. The van der Waals surface area contributed by atoms with E-state index in [-0.39, 0.29) is 11.8 Å². The van der Waals surface area contributed by atoms with Gasteiger partial charge in [-0.15, -0.1) is 11.6 Å². The zero-order valence-corrected chi connectivity index (χ0v) is 9.01. The van der Waals surface area contributed by atoms with Crippen molar-refractivity contribution in [3.63, 3.8) is 0 Å². The summed E-state index contributed by atoms with van der Waals surface area (Å²) in [5, 5.41) is 2.79. The van der Waals surface area contributed by atoms with Gasteiger partial charge in [0.15, 0.2) is 0 Å². The predicted octanol–water partition coefficient (Wildman–Crippen LogP) is 1.67. The van der Waals surface area contributed by atoms with Crippen LogP contribution >= 0.6 is 11.6 Å². The third-order valence-electron chi connectivity index (χ3n) is 1.88. The highest BCUT2D eigenvalue weighted by Crippen LogP contribution is 2.16. The van der Waals surface area contributed by atoms with Crippen molar-refractivity contribution in [2.45, 2.75) is 19.4 Å². The molecule has 0 saturated carbocycles. The average molecular weight is 213 g/mol. The first-order valence-corrected chi connectivity index (χ1v) is 4.88. The number of halogens is 1. The van der Waals surface area contributed by atoms with Crippen molar-refractivity contribution in [2.24, 2.45) is 0 Å². The van der Waals surface area contributed by atoms with E-state index in [0.29, 0.717) is 0 Å². The van der Waals surface area contributed by atoms with E-state index in [0.717, 1.165) is 5.69 Å². The van der Waals surface area contributed by atoms with E-state index in [4.69, 9.17) is 11.6 Å². The minimum Gasteiger partial charge on any atom is -0.345 e. The van der Waals surface area contributed by atoms with Gasteiger partial charge in [-0.25, -0.2) is 0 Å². The van der Waals surface area contributed by atoms with Gasteiger partial charge in [0.2, 0.25) is 5.91 Å². The quantitative estimate of drug-likeness (QED) is 0.775. The Labute approximate surface area is 88.5 Å². The van der Waals surface area contributed by atoms with Gasteiger partial charge in [-0.2, -0.15) is 0 Å². The molecule has 4 heteroatoms. The number of carbonyl (C=O) groups excluding carboxylic acids is 1. The summed E-state index contributed by atoms with van der Waals surface area (Å²) in [6.07, 6.45) is 1.70. The van der Waals surface area contributed by atoms with Crippen LogP contribution in [0.3, 0.4) is 0 Å². The summed E-state index contributed by atoms with van der Waals surface area (Å²) in [6.45, 7) is 3.78. The van der Waals surface area contributed by atoms with Gasteiger partial charge in [-0.3, -0.25) is 9.78 Å². The van der Waals surface area contributed by atoms with Crippen LogP contribution in [0.15, 0.2) is 24.4 Å². The summed E-state index contributed by atoms with van der Waals surface area (Å²) in [7, 11) is 0. The molecule has 0 atom stereocenters. The fraction of sp³-hybridized carbons (Fsp3) is 0.400. The molecule has 1 aromatic rings. The van der Waals surface area contributed by atoms with Crippen LogP contribution in [0.5, 0.6) is 0 Å². The molecule has 3 nitrogen and oxygen atoms in total. The van der Waals surface area contributed by atoms with Gasteiger partial charge in [-0.1, -0.05) is 6.07 Å². The van der Waals surface area contributed by atoms with Crippen molar-refractivity contribution in [2.75, 3.05) is 5.88 Å². The molecule has 0 radical (unpaired) electrons. The third-order valence-corrected chi connectivity index (χ3v) is 2.12. The largest absolute Gasteiger partial charge is 0.345 e. The molecule has 76 valence electrons. The number of pyridine rings is 1. The highest BCUT2D eigenvalue weighted by atomic mass is 35.5. The molecule has 1 amide bonds. The number of nitrogens with one attached hydrogen (secondary N) is 1. The molecule has 14 heavy (non-hydrogen) atoms. The normalized spacial score (nSPS) is 11.1. The number of hydrogen-bond donors (Lipinski definition) is 1. The molecule has 0 saturated heterocycles. The van der Waals surface area contributed by atoms with Crippen LogP contribution in [0.25, 0.3) is 0 Å². The fourth-order valence-electron chi connectivity index (χ4n) is 1.18. The number of aromatic nitrogens is 1. The monoisotopic (exact) mass is 212 g/mol. The molecule has 0 spiro atoms. The maximum atomic E-state index is 11.1. The van der Waals surface area contributed by atoms with Crippen LogP contribution in [-0.4, -0.2) is 16.8 Å². The molecule has 0 aromatic carbocycles. The Balaban J connectivity index is 2.80. The Hall–Kier alpha value is -1.09. The third kappa shape index (κ3) is 2.70. The van der Waals surface area contributed by atoms with Crippen LogP contribution in [-0.2, 0) is 10.3 Å². The van der Waals surface area contributed by atoms with Gasteiger partial charge in [0.05, 0.1) is 11.2 Å². The van der Waals surface area contributed by atoms with E-state index in [2.05, 4.69) is 10.3 Å². The van der Waals surface area contributed by atoms with E-state index >= 15 is 0 Å². The Morgan fingerprint density at radius 2 is 2.29 bits per heavy atom. The van der Waals surface area contributed by atoms with Gasteiger partial charge in [0.25, 0.3) is 0 Å². The number of nitrogens with zero attached hydrogens (tertiary/aromatic N) is 1. The van der Waals surface area contributed by atoms with Crippen molar-refractivity contribution in [1.82, 2.24) is 10.3 Å². The van der Waals surface area contributed by atoms with Crippen LogP contribution in [0.4, 0.5) is 0 Å². The van der Waals surface area contributed by atoms with Crippen molar-refractivity contribution < 1.29 is 4.79 Å². The van der Waals surface area contributed by atoms with E-state index in [1.54, 1.807) is 6.20 Å². The lowest BCUT2D eigenvalue weighted by molar-refractivity contribution is -0.120. The lowest BCUT2D eigenvalue weighted by Crippen LogP contribution is -2.42. The second-order valence-electron chi connectivity index (χ2n) is 3.52. The first-order valence-electron chi connectivity index (χ1n) is 4.35. The fourth-order valence-corrected chi connectivity index (χ4v) is 1.25. The van der Waals surface area contributed by atoms with Crippen molar-refractivity contribution in [1.29, 1.82) is 0 Å². The van der Waals surface area contributed by atoms with Gasteiger partial charge >= 0.3 is 0 Å². The van der Waals surface area contributed by atoms with Crippen molar-refractivity contribution in [3.05, 3.63) is 30.1 Å². The number of amides is 1. The molecule has 0 aliphatic heterocycles. The van der Waals surface area contributed by atoms with Crippen LogP contribution in [0.1, 0.15) is 19.5 Å². The Morgan fingerprint density at radius 3 is 2.79 bits per heavy atom. The molecule has 1 rings (SSSR count). The molecule has 1 N–H and O–H groups in total. The Bertz CT molecular complexity index is 311. The molecule has 0 fully saturated rings. The Morgan fingerprint density at radius 1 is 1.57 bits per heavy atom. The maximum absolute atomic E-state index is 11.1. The van der Waals surface area contributed by atoms with Crippen LogP contribution in [0.2, 0.25) is 0 Å². The average Bonchev–Trinajstić information content (AvgIpc) is 2.18. The van der Waals surface area contributed by atoms with Gasteiger partial charge in [-0.05, 0) is 26.0 Å². The van der Waals surface area contributed by atoms with Gasteiger partial charge < -0.3 is 5.32 Å². The Kier molecular flexibility index (Phi) is 3.47. The summed E-state index contributed by atoms with van der Waals surface area (Å²) >= 11 is 5.41. The number of carbonyl (C=O) groups is 1. The lowest BCUT2D eigenvalue weighted by atomic mass is 10.00. The number of hydrogen-bond acceptors (Lipinski definition) is 2. The second-order valence-corrected chi connectivity index (χ2v) is 3.79. The summed E-state index contributed by atoms with van der Waals surface area (Å²) in [4.78, 5) is 15.3. The zero-order chi connectivity index (χ0) is 10.6. The molecular formula is C10H13ClN2O. The second kappa shape index (κ2) is 4.42. The maximum Gasteiger partial charge on any atom is 0.235 e. The highest BCUT2D eigenvalue weighted by molar-refractivity contribution is 6.27. The summed E-state index contributed by atoms with van der Waals surface area (Å²) in [6, 6.07) is 5.59. The predicted molar refractivity (Wildman–Crippen MR) is 56.1 cm³/mol. The summed E-state index contributed by atoms with van der Waals surface area (Å²) in [5.74, 6) is -0.224. The first-order chi connectivity index (χ1) is 6.56. The molecule has 0 bridgehead atoms. The molecular weight excluding hydrogens is 200 g/mol. The molecule has 1 aromatic heterocycles. The number of alkyl halides is 1. The topological polar surface area (TPSA) is 42.0 Å². The SMILES string of the molecule is CC(C)(NC(=O)CCl)c1ccccn1. The van der Waals surface area contributed by atoms with E-state index < -0.39 is 5.54 Å². The molecule has 0 unspecified atom stereocenters. The zero-order valence-electron chi connectivity index (χ0n) is 8.25. The van der Waals surface area contributed by atoms with Crippen LogP contribution in [0, 0.1) is 0 Å². The standard InChI is InChI=1S/C10H13ClN2O/c1-10(2,13-9(14)7-11)8-5-3-4-6-12-8/h3-6H,7H2,1-2H3,(H,13,14). The van der Waals surface area contributed by atoms with Crippen molar-refractivity contribution >= 4 is 17.5 Å². The highest BCUT2D eigenvalue weighted by Gasteiger charge is 2.23. The smallest absolute Gasteiger partial charge is 0.235 e.